The van der Waals surface area contributed by atoms with E-state index < -0.39 is 11.9 Å². The van der Waals surface area contributed by atoms with E-state index in [0.717, 1.165) is 21.4 Å². The molecule has 12 heteroatoms. The summed E-state index contributed by atoms with van der Waals surface area (Å²) >= 11 is 5.60. The van der Waals surface area contributed by atoms with E-state index in [1.807, 2.05) is 35.8 Å². The Labute approximate surface area is 207 Å². The SMILES string of the molecule is CCOC(=O)c1c(NC(=O)CSc2nnc(-c3ccc(Br)cc3)n2CC)sc(C(N)=O)c1C. The van der Waals surface area contributed by atoms with Crippen LogP contribution in [-0.4, -0.2) is 44.9 Å². The number of thioether (sulfide) groups is 1. The second-order valence-electron chi connectivity index (χ2n) is 6.74. The monoisotopic (exact) mass is 551 g/mol. The molecule has 2 aromatic heterocycles. The molecule has 0 bridgehead atoms. The van der Waals surface area contributed by atoms with Crippen LogP contribution in [0.25, 0.3) is 11.4 Å². The highest BCUT2D eigenvalue weighted by atomic mass is 79.9. The predicted molar refractivity (Wildman–Crippen MR) is 132 cm³/mol. The molecule has 0 aliphatic rings. The van der Waals surface area contributed by atoms with Crippen LogP contribution in [-0.2, 0) is 16.1 Å². The molecule has 0 saturated heterocycles. The number of ether oxygens (including phenoxy) is 1. The number of thiophene rings is 1. The van der Waals surface area contributed by atoms with Crippen molar-refractivity contribution in [3.05, 3.63) is 44.7 Å². The van der Waals surface area contributed by atoms with Crippen LogP contribution in [0.1, 0.15) is 39.4 Å². The normalized spacial score (nSPS) is 10.8. The number of anilines is 1. The number of carbonyl (C=O) groups excluding carboxylic acids is 3. The van der Waals surface area contributed by atoms with E-state index in [-0.39, 0.29) is 33.7 Å². The van der Waals surface area contributed by atoms with Crippen LogP contribution < -0.4 is 11.1 Å². The minimum atomic E-state index is -0.672. The second kappa shape index (κ2) is 10.9. The Morgan fingerprint density at radius 3 is 2.52 bits per heavy atom. The summed E-state index contributed by atoms with van der Waals surface area (Å²) in [4.78, 5) is 37.0. The van der Waals surface area contributed by atoms with Crippen molar-refractivity contribution in [1.29, 1.82) is 0 Å². The third-order valence-corrected chi connectivity index (χ3v) is 7.29. The summed E-state index contributed by atoms with van der Waals surface area (Å²) in [5.74, 6) is -0.916. The first-order chi connectivity index (χ1) is 15.8. The third-order valence-electron chi connectivity index (χ3n) is 4.57. The predicted octanol–water partition coefficient (Wildman–Crippen LogP) is 4.10. The molecule has 0 unspecified atom stereocenters. The van der Waals surface area contributed by atoms with Crippen molar-refractivity contribution in [2.45, 2.75) is 32.5 Å². The maximum absolute atomic E-state index is 12.7. The molecule has 3 rings (SSSR count). The fraction of sp³-hybridized carbons (Fsp3) is 0.286. The fourth-order valence-electron chi connectivity index (χ4n) is 3.07. The molecule has 1 aromatic carbocycles. The van der Waals surface area contributed by atoms with Crippen LogP contribution in [0.5, 0.6) is 0 Å². The third kappa shape index (κ3) is 5.63. The number of hydrogen-bond acceptors (Lipinski definition) is 8. The summed E-state index contributed by atoms with van der Waals surface area (Å²) in [5.41, 5.74) is 6.85. The number of hydrogen-bond donors (Lipinski definition) is 2. The molecule has 0 radical (unpaired) electrons. The topological polar surface area (TPSA) is 129 Å². The lowest BCUT2D eigenvalue weighted by Crippen LogP contribution is -2.17. The fourth-order valence-corrected chi connectivity index (χ4v) is 5.20. The van der Waals surface area contributed by atoms with Crippen molar-refractivity contribution in [3.8, 4) is 11.4 Å². The van der Waals surface area contributed by atoms with Crippen LogP contribution in [0.2, 0.25) is 0 Å². The van der Waals surface area contributed by atoms with Crippen molar-refractivity contribution in [1.82, 2.24) is 14.8 Å². The maximum Gasteiger partial charge on any atom is 0.341 e. The van der Waals surface area contributed by atoms with Crippen molar-refractivity contribution in [3.63, 3.8) is 0 Å². The van der Waals surface area contributed by atoms with E-state index in [4.69, 9.17) is 10.5 Å². The lowest BCUT2D eigenvalue weighted by atomic mass is 10.1. The van der Waals surface area contributed by atoms with Gasteiger partial charge >= 0.3 is 5.97 Å². The zero-order valence-electron chi connectivity index (χ0n) is 18.2. The first kappa shape index (κ1) is 24.9. The van der Waals surface area contributed by atoms with Gasteiger partial charge in [0.15, 0.2) is 11.0 Å². The van der Waals surface area contributed by atoms with Gasteiger partial charge in [-0.2, -0.15) is 0 Å². The maximum atomic E-state index is 12.7. The summed E-state index contributed by atoms with van der Waals surface area (Å²) in [6.07, 6.45) is 0. The zero-order valence-corrected chi connectivity index (χ0v) is 21.4. The number of benzene rings is 1. The molecular formula is C21H22BrN5O4S2. The average Bonchev–Trinajstić information content (AvgIpc) is 3.33. The van der Waals surface area contributed by atoms with Crippen LogP contribution in [0, 0.1) is 6.92 Å². The number of amides is 2. The van der Waals surface area contributed by atoms with Crippen LogP contribution in [0.4, 0.5) is 5.00 Å². The highest BCUT2D eigenvalue weighted by molar-refractivity contribution is 9.10. The molecule has 33 heavy (non-hydrogen) atoms. The van der Waals surface area contributed by atoms with Crippen LogP contribution in [0.3, 0.4) is 0 Å². The number of carbonyl (C=O) groups is 3. The van der Waals surface area contributed by atoms with Gasteiger partial charge in [-0.1, -0.05) is 39.8 Å². The molecular weight excluding hydrogens is 530 g/mol. The number of rotatable bonds is 9. The summed E-state index contributed by atoms with van der Waals surface area (Å²) in [7, 11) is 0. The van der Waals surface area contributed by atoms with Crippen LogP contribution >= 0.6 is 39.0 Å². The summed E-state index contributed by atoms with van der Waals surface area (Å²) in [6.45, 7) is 6.04. The molecule has 0 atom stereocenters. The second-order valence-corrected chi connectivity index (χ2v) is 9.62. The molecule has 0 fully saturated rings. The largest absolute Gasteiger partial charge is 0.462 e. The lowest BCUT2D eigenvalue weighted by molar-refractivity contribution is -0.113. The van der Waals surface area contributed by atoms with Gasteiger partial charge in [0.1, 0.15) is 5.00 Å². The molecule has 0 aliphatic heterocycles. The number of aromatic nitrogens is 3. The van der Waals surface area contributed by atoms with Crippen molar-refractivity contribution in [2.24, 2.45) is 5.73 Å². The van der Waals surface area contributed by atoms with E-state index in [2.05, 4.69) is 31.4 Å². The molecule has 0 spiro atoms. The first-order valence-corrected chi connectivity index (χ1v) is 12.6. The molecule has 2 heterocycles. The molecule has 3 aromatic rings. The van der Waals surface area contributed by atoms with Gasteiger partial charge in [0.25, 0.3) is 5.91 Å². The smallest absolute Gasteiger partial charge is 0.341 e. The van der Waals surface area contributed by atoms with Crippen molar-refractivity contribution in [2.75, 3.05) is 17.7 Å². The Hall–Kier alpha value is -2.70. The number of nitrogens with zero attached hydrogens (tertiary/aromatic N) is 3. The number of primary amides is 1. The highest BCUT2D eigenvalue weighted by Crippen LogP contribution is 2.34. The Balaban J connectivity index is 1.76. The van der Waals surface area contributed by atoms with E-state index in [0.29, 0.717) is 23.1 Å². The number of esters is 1. The zero-order chi connectivity index (χ0) is 24.1. The Bertz CT molecular complexity index is 1190. The molecule has 3 N–H and O–H groups in total. The molecule has 174 valence electrons. The Morgan fingerprint density at radius 2 is 1.91 bits per heavy atom. The van der Waals surface area contributed by atoms with E-state index in [1.54, 1.807) is 13.8 Å². The summed E-state index contributed by atoms with van der Waals surface area (Å²) in [5, 5.41) is 12.0. The minimum Gasteiger partial charge on any atom is -0.462 e. The van der Waals surface area contributed by atoms with Gasteiger partial charge in [0.2, 0.25) is 5.91 Å². The minimum absolute atomic E-state index is 0.0313. The molecule has 9 nitrogen and oxygen atoms in total. The van der Waals surface area contributed by atoms with Gasteiger partial charge in [0.05, 0.1) is 22.8 Å². The highest BCUT2D eigenvalue weighted by Gasteiger charge is 2.26. The summed E-state index contributed by atoms with van der Waals surface area (Å²) in [6, 6.07) is 7.73. The van der Waals surface area contributed by atoms with Gasteiger partial charge in [0, 0.05) is 16.6 Å². The molecule has 0 aliphatic carbocycles. The summed E-state index contributed by atoms with van der Waals surface area (Å²) < 4.78 is 7.96. The van der Waals surface area contributed by atoms with E-state index in [1.165, 1.54) is 11.8 Å². The quantitative estimate of drug-likeness (QED) is 0.302. The van der Waals surface area contributed by atoms with Crippen LogP contribution in [0.15, 0.2) is 33.9 Å². The Kier molecular flexibility index (Phi) is 8.27. The van der Waals surface area contributed by atoms with Gasteiger partial charge in [-0.05, 0) is 38.5 Å². The standard InChI is InChI=1S/C21H22BrN5O4S2/c1-4-27-18(12-6-8-13(22)9-7-12)25-26-21(27)32-10-14(28)24-19-15(20(30)31-5-2)11(3)16(33-19)17(23)29/h6-9H,4-5,10H2,1-3H3,(H2,23,29)(H,24,28). The molecule has 2 amide bonds. The molecule has 0 saturated carbocycles. The number of nitrogens with two attached hydrogens (primary N) is 1. The Morgan fingerprint density at radius 1 is 1.21 bits per heavy atom. The average molecular weight is 552 g/mol. The van der Waals surface area contributed by atoms with Crippen molar-refractivity contribution < 1.29 is 19.1 Å². The van der Waals surface area contributed by atoms with Gasteiger partial charge in [-0.3, -0.25) is 9.59 Å². The van der Waals surface area contributed by atoms with Crippen molar-refractivity contribution >= 4 is 61.8 Å². The van der Waals surface area contributed by atoms with Gasteiger partial charge in [-0.15, -0.1) is 21.5 Å². The first-order valence-electron chi connectivity index (χ1n) is 9.98. The lowest BCUT2D eigenvalue weighted by Gasteiger charge is -2.08. The van der Waals surface area contributed by atoms with Gasteiger partial charge < -0.3 is 20.4 Å². The number of halogens is 1. The van der Waals surface area contributed by atoms with E-state index >= 15 is 0 Å². The van der Waals surface area contributed by atoms with Gasteiger partial charge in [-0.25, -0.2) is 4.79 Å². The van der Waals surface area contributed by atoms with E-state index in [9.17, 15) is 14.4 Å². The number of nitrogens with one attached hydrogen (secondary N) is 1.